The topological polar surface area (TPSA) is 80.5 Å². The molecule has 0 aliphatic carbocycles. The Hall–Kier alpha value is -3.04. The van der Waals surface area contributed by atoms with Gasteiger partial charge in [-0.25, -0.2) is 0 Å². The van der Waals surface area contributed by atoms with Gasteiger partial charge in [-0.15, -0.1) is 10.2 Å². The predicted molar refractivity (Wildman–Crippen MR) is 124 cm³/mol. The van der Waals surface area contributed by atoms with Gasteiger partial charge in [0.05, 0.1) is 25.7 Å². The van der Waals surface area contributed by atoms with Crippen molar-refractivity contribution >= 4 is 44.9 Å². The van der Waals surface area contributed by atoms with Crippen LogP contribution in [0.5, 0.6) is 5.75 Å². The van der Waals surface area contributed by atoms with Gasteiger partial charge in [-0.1, -0.05) is 41.3 Å². The number of carbonyl (C=O) groups excluding carboxylic acids is 1. The SMILES string of the molecule is COc1ccc2cc(CN(C)C(=O)CSc3nnc(NCc4ccco4)s3)ccc2c1. The predicted octanol–water partition coefficient (Wildman–Crippen LogP) is 4.66. The van der Waals surface area contributed by atoms with Gasteiger partial charge in [0.25, 0.3) is 0 Å². The van der Waals surface area contributed by atoms with Crippen molar-refractivity contribution in [2.75, 3.05) is 25.2 Å². The molecule has 2 heterocycles. The molecule has 4 rings (SSSR count). The monoisotopic (exact) mass is 454 g/mol. The number of aromatic nitrogens is 2. The molecule has 0 saturated carbocycles. The molecule has 2 aromatic heterocycles. The summed E-state index contributed by atoms with van der Waals surface area (Å²) in [7, 11) is 3.48. The van der Waals surface area contributed by atoms with Crippen LogP contribution in [0.25, 0.3) is 10.8 Å². The zero-order valence-corrected chi connectivity index (χ0v) is 18.8. The molecule has 31 heavy (non-hydrogen) atoms. The van der Waals surface area contributed by atoms with E-state index < -0.39 is 0 Å². The summed E-state index contributed by atoms with van der Waals surface area (Å²) in [4.78, 5) is 14.3. The first-order valence-electron chi connectivity index (χ1n) is 9.64. The van der Waals surface area contributed by atoms with E-state index in [9.17, 15) is 4.79 Å². The summed E-state index contributed by atoms with van der Waals surface area (Å²) in [5.41, 5.74) is 1.08. The highest BCUT2D eigenvalue weighted by atomic mass is 32.2. The molecular weight excluding hydrogens is 432 g/mol. The first-order chi connectivity index (χ1) is 15.1. The second kappa shape index (κ2) is 9.84. The first kappa shape index (κ1) is 21.2. The maximum atomic E-state index is 12.6. The number of furan rings is 1. The number of hydrogen-bond acceptors (Lipinski definition) is 8. The fourth-order valence-corrected chi connectivity index (χ4v) is 4.70. The summed E-state index contributed by atoms with van der Waals surface area (Å²) < 4.78 is 11.3. The second-order valence-corrected chi connectivity index (χ2v) is 9.09. The highest BCUT2D eigenvalue weighted by molar-refractivity contribution is 8.01. The number of fused-ring (bicyclic) bond motifs is 1. The van der Waals surface area contributed by atoms with E-state index in [-0.39, 0.29) is 5.91 Å². The molecule has 1 N–H and O–H groups in total. The highest BCUT2D eigenvalue weighted by Crippen LogP contribution is 2.26. The number of nitrogens with zero attached hydrogens (tertiary/aromatic N) is 3. The van der Waals surface area contributed by atoms with Gasteiger partial charge in [0.15, 0.2) is 4.34 Å². The van der Waals surface area contributed by atoms with E-state index in [4.69, 9.17) is 9.15 Å². The van der Waals surface area contributed by atoms with Crippen LogP contribution in [0.1, 0.15) is 11.3 Å². The minimum atomic E-state index is 0.0418. The fourth-order valence-electron chi connectivity index (χ4n) is 3.01. The van der Waals surface area contributed by atoms with Crippen molar-refractivity contribution in [1.82, 2.24) is 15.1 Å². The van der Waals surface area contributed by atoms with Crippen molar-refractivity contribution in [2.24, 2.45) is 0 Å². The molecule has 0 radical (unpaired) electrons. The molecule has 0 aliphatic heterocycles. The first-order valence-corrected chi connectivity index (χ1v) is 11.4. The third kappa shape index (κ3) is 5.56. The van der Waals surface area contributed by atoms with Crippen LogP contribution in [-0.2, 0) is 17.9 Å². The van der Waals surface area contributed by atoms with Crippen LogP contribution in [0.15, 0.2) is 63.6 Å². The quantitative estimate of drug-likeness (QED) is 0.369. The van der Waals surface area contributed by atoms with E-state index in [2.05, 4.69) is 27.6 Å². The molecular formula is C22H22N4O3S2. The number of rotatable bonds is 9. The average molecular weight is 455 g/mol. The van der Waals surface area contributed by atoms with Crippen molar-refractivity contribution in [3.05, 3.63) is 66.1 Å². The van der Waals surface area contributed by atoms with Gasteiger partial charge in [-0.2, -0.15) is 0 Å². The van der Waals surface area contributed by atoms with Gasteiger partial charge in [0.1, 0.15) is 11.5 Å². The fraction of sp³-hybridized carbons (Fsp3) is 0.227. The average Bonchev–Trinajstić information content (AvgIpc) is 3.47. The van der Waals surface area contributed by atoms with Crippen molar-refractivity contribution < 1.29 is 13.9 Å². The summed E-state index contributed by atoms with van der Waals surface area (Å²) in [5, 5.41) is 14.3. The smallest absolute Gasteiger partial charge is 0.233 e. The molecule has 2 aromatic carbocycles. The lowest BCUT2D eigenvalue weighted by Crippen LogP contribution is -2.27. The molecule has 0 fully saturated rings. The Labute approximate surface area is 188 Å². The van der Waals surface area contributed by atoms with E-state index in [1.54, 1.807) is 18.3 Å². The van der Waals surface area contributed by atoms with Crippen molar-refractivity contribution in [1.29, 1.82) is 0 Å². The van der Waals surface area contributed by atoms with E-state index in [1.165, 1.54) is 23.1 Å². The molecule has 9 heteroatoms. The van der Waals surface area contributed by atoms with Gasteiger partial charge < -0.3 is 19.4 Å². The number of ether oxygens (including phenoxy) is 1. The Kier molecular flexibility index (Phi) is 6.73. The number of nitrogens with one attached hydrogen (secondary N) is 1. The van der Waals surface area contributed by atoms with Gasteiger partial charge in [0.2, 0.25) is 11.0 Å². The summed E-state index contributed by atoms with van der Waals surface area (Å²) in [6, 6.07) is 15.9. The molecule has 0 aliphatic rings. The third-order valence-corrected chi connectivity index (χ3v) is 6.68. The summed E-state index contributed by atoms with van der Waals surface area (Å²) >= 11 is 2.82. The Morgan fingerprint density at radius 1 is 1.19 bits per heavy atom. The second-order valence-electron chi connectivity index (χ2n) is 6.89. The van der Waals surface area contributed by atoms with Crippen LogP contribution >= 0.6 is 23.1 Å². The summed E-state index contributed by atoms with van der Waals surface area (Å²) in [5.74, 6) is 2.02. The number of thioether (sulfide) groups is 1. The summed E-state index contributed by atoms with van der Waals surface area (Å²) in [6.45, 7) is 1.10. The minimum absolute atomic E-state index is 0.0418. The number of benzene rings is 2. The molecule has 0 spiro atoms. The Morgan fingerprint density at radius 2 is 2.03 bits per heavy atom. The zero-order chi connectivity index (χ0) is 21.6. The van der Waals surface area contributed by atoms with Crippen molar-refractivity contribution in [3.63, 3.8) is 0 Å². The van der Waals surface area contributed by atoms with Crippen molar-refractivity contribution in [2.45, 2.75) is 17.4 Å². The number of carbonyl (C=O) groups is 1. The normalized spacial score (nSPS) is 10.9. The van der Waals surface area contributed by atoms with Gasteiger partial charge in [-0.05, 0) is 46.7 Å². The van der Waals surface area contributed by atoms with Crippen LogP contribution in [0.3, 0.4) is 0 Å². The lowest BCUT2D eigenvalue weighted by atomic mass is 10.1. The summed E-state index contributed by atoms with van der Waals surface area (Å²) in [6.07, 6.45) is 1.63. The maximum absolute atomic E-state index is 12.6. The number of hydrogen-bond donors (Lipinski definition) is 1. The highest BCUT2D eigenvalue weighted by Gasteiger charge is 2.13. The van der Waals surface area contributed by atoms with Crippen LogP contribution < -0.4 is 10.1 Å². The third-order valence-electron chi connectivity index (χ3n) is 4.68. The van der Waals surface area contributed by atoms with E-state index in [1.807, 2.05) is 43.4 Å². The molecule has 0 atom stereocenters. The van der Waals surface area contributed by atoms with Crippen LogP contribution in [0, 0.1) is 0 Å². The maximum Gasteiger partial charge on any atom is 0.233 e. The van der Waals surface area contributed by atoms with Gasteiger partial charge in [-0.3, -0.25) is 4.79 Å². The van der Waals surface area contributed by atoms with Gasteiger partial charge >= 0.3 is 0 Å². The molecule has 0 unspecified atom stereocenters. The zero-order valence-electron chi connectivity index (χ0n) is 17.2. The van der Waals surface area contributed by atoms with E-state index >= 15 is 0 Å². The van der Waals surface area contributed by atoms with Crippen molar-refractivity contribution in [3.8, 4) is 5.75 Å². The van der Waals surface area contributed by atoms with Gasteiger partial charge in [0, 0.05) is 13.6 Å². The largest absolute Gasteiger partial charge is 0.497 e. The molecule has 160 valence electrons. The molecule has 1 amide bonds. The molecule has 0 saturated heterocycles. The lowest BCUT2D eigenvalue weighted by Gasteiger charge is -2.17. The van der Waals surface area contributed by atoms with E-state index in [0.717, 1.165) is 32.2 Å². The number of anilines is 1. The minimum Gasteiger partial charge on any atom is -0.497 e. The lowest BCUT2D eigenvalue weighted by molar-refractivity contribution is -0.127. The molecule has 7 nitrogen and oxygen atoms in total. The molecule has 0 bridgehead atoms. The Balaban J connectivity index is 1.28. The number of amides is 1. The molecule has 4 aromatic rings. The number of methoxy groups -OCH3 is 1. The Bertz CT molecular complexity index is 1160. The standard InChI is InChI=1S/C22H22N4O3S2/c1-26(13-15-5-6-17-11-18(28-2)8-7-16(17)10-15)20(27)14-30-22-25-24-21(31-22)23-12-19-4-3-9-29-19/h3-11H,12-14H2,1-2H3,(H,23,24). The Morgan fingerprint density at radius 3 is 2.84 bits per heavy atom. The van der Waals surface area contributed by atoms with Crippen LogP contribution in [-0.4, -0.2) is 40.9 Å². The van der Waals surface area contributed by atoms with Crippen LogP contribution in [0.4, 0.5) is 5.13 Å². The van der Waals surface area contributed by atoms with E-state index in [0.29, 0.717) is 24.0 Å². The van der Waals surface area contributed by atoms with Crippen LogP contribution in [0.2, 0.25) is 0 Å².